The summed E-state index contributed by atoms with van der Waals surface area (Å²) in [5.41, 5.74) is 1.22. The lowest BCUT2D eigenvalue weighted by Crippen LogP contribution is -2.34. The van der Waals surface area contributed by atoms with Gasteiger partial charge < -0.3 is 10.4 Å². The van der Waals surface area contributed by atoms with Gasteiger partial charge in [-0.2, -0.15) is 11.8 Å². The fourth-order valence-corrected chi connectivity index (χ4v) is 2.56. The van der Waals surface area contributed by atoms with Gasteiger partial charge in [0, 0.05) is 29.5 Å². The van der Waals surface area contributed by atoms with Gasteiger partial charge in [-0.15, -0.1) is 0 Å². The van der Waals surface area contributed by atoms with E-state index in [1.165, 1.54) is 5.56 Å². The first kappa shape index (κ1) is 14.8. The van der Waals surface area contributed by atoms with Crippen LogP contribution in [0.2, 0.25) is 5.02 Å². The van der Waals surface area contributed by atoms with Crippen LogP contribution in [0.3, 0.4) is 0 Å². The lowest BCUT2D eigenvalue weighted by atomic mass is 10.1. The fourth-order valence-electron chi connectivity index (χ4n) is 1.77. The summed E-state index contributed by atoms with van der Waals surface area (Å²) in [6.45, 7) is 2.36. The maximum absolute atomic E-state index is 9.02. The molecule has 96 valence electrons. The molecule has 0 saturated heterocycles. The first-order chi connectivity index (χ1) is 8.17. The van der Waals surface area contributed by atoms with Crippen LogP contribution in [0, 0.1) is 0 Å². The second kappa shape index (κ2) is 7.98. The third-order valence-corrected chi connectivity index (χ3v) is 3.69. The normalized spacial score (nSPS) is 14.6. The van der Waals surface area contributed by atoms with Crippen LogP contribution >= 0.6 is 23.4 Å². The molecule has 1 aromatic rings. The van der Waals surface area contributed by atoms with Gasteiger partial charge in [0.15, 0.2) is 0 Å². The zero-order valence-corrected chi connectivity index (χ0v) is 11.9. The minimum absolute atomic E-state index is 0.228. The minimum atomic E-state index is 0.228. The molecule has 1 aromatic carbocycles. The number of hydrogen-bond donors (Lipinski definition) is 2. The Morgan fingerprint density at radius 2 is 2.00 bits per heavy atom. The van der Waals surface area contributed by atoms with E-state index in [0.717, 1.165) is 17.2 Å². The molecule has 2 N–H and O–H groups in total. The van der Waals surface area contributed by atoms with Crippen molar-refractivity contribution >= 4 is 23.4 Å². The fraction of sp³-hybridized carbons (Fsp3) is 0.538. The quantitative estimate of drug-likeness (QED) is 0.801. The van der Waals surface area contributed by atoms with Crippen molar-refractivity contribution in [3.63, 3.8) is 0 Å². The summed E-state index contributed by atoms with van der Waals surface area (Å²) in [5.74, 6) is 1.01. The van der Waals surface area contributed by atoms with Crippen LogP contribution in [0.15, 0.2) is 24.3 Å². The Balaban J connectivity index is 2.56. The Hall–Kier alpha value is -0.220. The number of benzene rings is 1. The van der Waals surface area contributed by atoms with Gasteiger partial charge >= 0.3 is 0 Å². The molecule has 0 fully saturated rings. The molecular formula is C13H20ClNOS. The number of rotatable bonds is 7. The van der Waals surface area contributed by atoms with E-state index in [4.69, 9.17) is 16.7 Å². The second-order valence-electron chi connectivity index (χ2n) is 4.10. The Kier molecular flexibility index (Phi) is 6.97. The van der Waals surface area contributed by atoms with Gasteiger partial charge in [0.2, 0.25) is 0 Å². The van der Waals surface area contributed by atoms with Crippen molar-refractivity contribution in [2.45, 2.75) is 25.4 Å². The standard InChI is InChI=1S/C13H20ClNOS/c1-10(11-3-5-12(14)6-4-11)15-13(7-8-16)9-17-2/h3-6,10,13,15-16H,7-9H2,1-2H3/t10-,13-/m0/s1. The molecule has 0 radical (unpaired) electrons. The average Bonchev–Trinajstić information content (AvgIpc) is 2.30. The molecule has 0 heterocycles. The van der Waals surface area contributed by atoms with Crippen molar-refractivity contribution < 1.29 is 5.11 Å². The summed E-state index contributed by atoms with van der Waals surface area (Å²) in [6, 6.07) is 8.51. The van der Waals surface area contributed by atoms with Crippen LogP contribution in [0.1, 0.15) is 24.9 Å². The van der Waals surface area contributed by atoms with Gasteiger partial charge in [-0.3, -0.25) is 0 Å². The van der Waals surface area contributed by atoms with E-state index in [-0.39, 0.29) is 12.6 Å². The molecule has 0 amide bonds. The van der Waals surface area contributed by atoms with Crippen molar-refractivity contribution in [2.75, 3.05) is 18.6 Å². The lowest BCUT2D eigenvalue weighted by molar-refractivity contribution is 0.265. The van der Waals surface area contributed by atoms with Crippen LogP contribution in [0.25, 0.3) is 0 Å². The van der Waals surface area contributed by atoms with Crippen molar-refractivity contribution in [1.29, 1.82) is 0 Å². The van der Waals surface area contributed by atoms with E-state index in [1.54, 1.807) is 11.8 Å². The number of hydrogen-bond acceptors (Lipinski definition) is 3. The molecule has 0 aromatic heterocycles. The van der Waals surface area contributed by atoms with E-state index >= 15 is 0 Å². The number of thioether (sulfide) groups is 1. The van der Waals surface area contributed by atoms with Crippen LogP contribution in [-0.4, -0.2) is 29.8 Å². The molecule has 0 spiro atoms. The topological polar surface area (TPSA) is 32.3 Å². The maximum atomic E-state index is 9.02. The van der Waals surface area contributed by atoms with Crippen LogP contribution in [0.4, 0.5) is 0 Å². The number of aliphatic hydroxyl groups is 1. The summed E-state index contributed by atoms with van der Waals surface area (Å²) < 4.78 is 0. The SMILES string of the molecule is CSC[C@H](CCO)N[C@@H](C)c1ccc(Cl)cc1. The zero-order valence-electron chi connectivity index (χ0n) is 10.3. The van der Waals surface area contributed by atoms with Crippen LogP contribution in [0.5, 0.6) is 0 Å². The Morgan fingerprint density at radius 3 is 2.53 bits per heavy atom. The molecule has 2 atom stereocenters. The highest BCUT2D eigenvalue weighted by Crippen LogP contribution is 2.17. The highest BCUT2D eigenvalue weighted by Gasteiger charge is 2.12. The highest BCUT2D eigenvalue weighted by molar-refractivity contribution is 7.98. The van der Waals surface area contributed by atoms with E-state index in [0.29, 0.717) is 6.04 Å². The van der Waals surface area contributed by atoms with Gasteiger partial charge in [0.25, 0.3) is 0 Å². The molecule has 0 aliphatic carbocycles. The molecule has 2 nitrogen and oxygen atoms in total. The van der Waals surface area contributed by atoms with Crippen molar-refractivity contribution in [1.82, 2.24) is 5.32 Å². The van der Waals surface area contributed by atoms with Crippen molar-refractivity contribution in [2.24, 2.45) is 0 Å². The van der Waals surface area contributed by atoms with E-state index in [2.05, 4.69) is 18.5 Å². The number of halogens is 1. The van der Waals surface area contributed by atoms with E-state index in [1.807, 2.05) is 24.3 Å². The van der Waals surface area contributed by atoms with Crippen LogP contribution < -0.4 is 5.32 Å². The van der Waals surface area contributed by atoms with Crippen molar-refractivity contribution in [3.8, 4) is 0 Å². The van der Waals surface area contributed by atoms with Crippen LogP contribution in [-0.2, 0) is 0 Å². The zero-order chi connectivity index (χ0) is 12.7. The Labute approximate surface area is 113 Å². The highest BCUT2D eigenvalue weighted by atomic mass is 35.5. The van der Waals surface area contributed by atoms with Gasteiger partial charge in [-0.25, -0.2) is 0 Å². The third-order valence-electron chi connectivity index (χ3n) is 2.70. The first-order valence-corrected chi connectivity index (χ1v) is 7.56. The molecule has 17 heavy (non-hydrogen) atoms. The minimum Gasteiger partial charge on any atom is -0.396 e. The molecule has 0 unspecified atom stereocenters. The van der Waals surface area contributed by atoms with E-state index in [9.17, 15) is 0 Å². The molecule has 0 aliphatic rings. The van der Waals surface area contributed by atoms with Gasteiger partial charge in [0.1, 0.15) is 0 Å². The monoisotopic (exact) mass is 273 g/mol. The molecule has 1 rings (SSSR count). The maximum Gasteiger partial charge on any atom is 0.0446 e. The van der Waals surface area contributed by atoms with E-state index < -0.39 is 0 Å². The smallest absolute Gasteiger partial charge is 0.0446 e. The Bertz CT molecular complexity index is 312. The second-order valence-corrected chi connectivity index (χ2v) is 5.45. The third kappa shape index (κ3) is 5.30. The van der Waals surface area contributed by atoms with Gasteiger partial charge in [0.05, 0.1) is 0 Å². The summed E-state index contributed by atoms with van der Waals surface area (Å²) >= 11 is 7.66. The first-order valence-electron chi connectivity index (χ1n) is 5.78. The van der Waals surface area contributed by atoms with Crippen molar-refractivity contribution in [3.05, 3.63) is 34.9 Å². The number of nitrogens with one attached hydrogen (secondary N) is 1. The Morgan fingerprint density at radius 1 is 1.35 bits per heavy atom. The largest absolute Gasteiger partial charge is 0.396 e. The van der Waals surface area contributed by atoms with Gasteiger partial charge in [-0.1, -0.05) is 23.7 Å². The molecule has 4 heteroatoms. The molecule has 0 bridgehead atoms. The molecular weight excluding hydrogens is 254 g/mol. The summed E-state index contributed by atoms with van der Waals surface area (Å²) in [5, 5.41) is 13.3. The summed E-state index contributed by atoms with van der Waals surface area (Å²) in [7, 11) is 0. The summed E-state index contributed by atoms with van der Waals surface area (Å²) in [4.78, 5) is 0. The predicted molar refractivity (Wildman–Crippen MR) is 76.9 cm³/mol. The predicted octanol–water partition coefficient (Wildman–Crippen LogP) is 3.10. The number of aliphatic hydroxyl groups excluding tert-OH is 1. The van der Waals surface area contributed by atoms with Gasteiger partial charge in [-0.05, 0) is 37.3 Å². The average molecular weight is 274 g/mol. The summed E-state index contributed by atoms with van der Waals surface area (Å²) in [6.07, 6.45) is 2.87. The molecule has 0 saturated carbocycles. The lowest BCUT2D eigenvalue weighted by Gasteiger charge is -2.22. The molecule has 0 aliphatic heterocycles.